The summed E-state index contributed by atoms with van der Waals surface area (Å²) in [4.78, 5) is 31.5. The molecule has 35 heavy (non-hydrogen) atoms. The second-order valence-corrected chi connectivity index (χ2v) is 7.63. The lowest BCUT2D eigenvalue weighted by Gasteiger charge is -2.09. The number of carboxylic acid groups (broad SMARTS) is 1. The van der Waals surface area contributed by atoms with Gasteiger partial charge in [0.1, 0.15) is 24.5 Å². The summed E-state index contributed by atoms with van der Waals surface area (Å²) in [7, 11) is 0. The fourth-order valence-corrected chi connectivity index (χ4v) is 2.94. The number of anilines is 2. The van der Waals surface area contributed by atoms with Crippen molar-refractivity contribution in [1.29, 1.82) is 0 Å². The van der Waals surface area contributed by atoms with Crippen LogP contribution in [0.5, 0.6) is 5.75 Å². The quantitative estimate of drug-likeness (QED) is 0.310. The van der Waals surface area contributed by atoms with Crippen LogP contribution in [-0.4, -0.2) is 32.2 Å². The van der Waals surface area contributed by atoms with E-state index in [1.807, 2.05) is 18.2 Å². The maximum Gasteiger partial charge on any atom is 0.490 e. The monoisotopic (exact) mass is 526 g/mol. The number of ether oxygens (including phenoxy) is 1. The molecule has 0 aliphatic rings. The molecule has 0 fully saturated rings. The number of nitrogens with one attached hydrogen (secondary N) is 2. The molecule has 182 valence electrons. The summed E-state index contributed by atoms with van der Waals surface area (Å²) in [6, 6.07) is 15.8. The molecule has 4 aromatic rings. The highest BCUT2D eigenvalue weighted by molar-refractivity contribution is 6.42. The number of hydrogen-bond acceptors (Lipinski definition) is 6. The van der Waals surface area contributed by atoms with Gasteiger partial charge in [0.2, 0.25) is 5.56 Å². The van der Waals surface area contributed by atoms with Crippen molar-refractivity contribution >= 4 is 51.6 Å². The number of aromatic amines is 1. The van der Waals surface area contributed by atoms with E-state index in [1.165, 1.54) is 12.4 Å². The number of aliphatic carboxylic acids is 1. The van der Waals surface area contributed by atoms with Crippen LogP contribution < -0.4 is 15.6 Å². The first kappa shape index (κ1) is 25.8. The van der Waals surface area contributed by atoms with Gasteiger partial charge in [-0.05, 0) is 42.5 Å². The van der Waals surface area contributed by atoms with E-state index in [0.29, 0.717) is 27.3 Å². The molecule has 0 spiro atoms. The maximum absolute atomic E-state index is 11.4. The van der Waals surface area contributed by atoms with Crippen molar-refractivity contribution < 1.29 is 27.8 Å². The number of hydrogen-bond donors (Lipinski definition) is 3. The summed E-state index contributed by atoms with van der Waals surface area (Å²) in [5.41, 5.74) is 2.10. The lowest BCUT2D eigenvalue weighted by Crippen LogP contribution is -2.21. The Bertz CT molecular complexity index is 1410. The molecule has 0 amide bonds. The van der Waals surface area contributed by atoms with E-state index in [1.54, 1.807) is 30.3 Å². The number of pyridine rings is 1. The van der Waals surface area contributed by atoms with Crippen molar-refractivity contribution in [1.82, 2.24) is 15.0 Å². The number of aromatic nitrogens is 3. The summed E-state index contributed by atoms with van der Waals surface area (Å²) in [5.74, 6) is -1.47. The normalized spacial score (nSPS) is 10.9. The van der Waals surface area contributed by atoms with Crippen molar-refractivity contribution in [2.24, 2.45) is 0 Å². The number of nitrogens with zero attached hydrogens (tertiary/aromatic N) is 2. The number of halogens is 5. The lowest BCUT2D eigenvalue weighted by molar-refractivity contribution is -0.192. The van der Waals surface area contributed by atoms with Gasteiger partial charge in [-0.15, -0.1) is 0 Å². The standard InChI is InChI=1S/C20H14Cl2N4O2.C2HF3O2/c21-16-4-2-13(8-17(16)22)25-19-9-14(23-11-24-19)10-28-15-3-5-18-12(7-15)1-6-20(27)26-18;3-2(4,5)1(6)7/h1-9,11H,10H2,(H,26,27)(H,23,24,25);(H,6,7). The van der Waals surface area contributed by atoms with Gasteiger partial charge in [0.15, 0.2) is 0 Å². The van der Waals surface area contributed by atoms with Gasteiger partial charge in [0, 0.05) is 28.7 Å². The smallest absolute Gasteiger partial charge is 0.487 e. The molecule has 0 unspecified atom stereocenters. The second kappa shape index (κ2) is 11.1. The van der Waals surface area contributed by atoms with Crippen molar-refractivity contribution in [3.8, 4) is 5.75 Å². The molecule has 0 radical (unpaired) electrons. The Hall–Kier alpha value is -3.83. The van der Waals surface area contributed by atoms with E-state index in [9.17, 15) is 18.0 Å². The van der Waals surface area contributed by atoms with Crippen molar-refractivity contribution in [3.05, 3.63) is 87.0 Å². The van der Waals surface area contributed by atoms with Gasteiger partial charge < -0.3 is 20.1 Å². The Morgan fingerprint density at radius 1 is 1.03 bits per heavy atom. The minimum Gasteiger partial charge on any atom is -0.487 e. The third kappa shape index (κ3) is 7.59. The van der Waals surface area contributed by atoms with Gasteiger partial charge in [0.05, 0.1) is 15.7 Å². The molecule has 4 rings (SSSR count). The summed E-state index contributed by atoms with van der Waals surface area (Å²) < 4.78 is 37.6. The molecule has 2 heterocycles. The summed E-state index contributed by atoms with van der Waals surface area (Å²) >= 11 is 12.0. The topological polar surface area (TPSA) is 117 Å². The highest BCUT2D eigenvalue weighted by Crippen LogP contribution is 2.26. The van der Waals surface area contributed by atoms with E-state index in [-0.39, 0.29) is 12.2 Å². The Kier molecular flexibility index (Phi) is 8.15. The molecular weight excluding hydrogens is 512 g/mol. The first-order chi connectivity index (χ1) is 16.5. The van der Waals surface area contributed by atoms with Crippen LogP contribution in [0.15, 0.2) is 65.7 Å². The van der Waals surface area contributed by atoms with Crippen LogP contribution in [0, 0.1) is 0 Å². The van der Waals surface area contributed by atoms with E-state index < -0.39 is 12.1 Å². The number of carboxylic acids is 1. The molecule has 3 N–H and O–H groups in total. The molecular formula is C22H15Cl2F3N4O4. The molecule has 0 atom stereocenters. The van der Waals surface area contributed by atoms with Crippen LogP contribution >= 0.6 is 23.2 Å². The van der Waals surface area contributed by atoms with Gasteiger partial charge in [-0.3, -0.25) is 4.79 Å². The van der Waals surface area contributed by atoms with Gasteiger partial charge in [0.25, 0.3) is 0 Å². The molecule has 0 saturated carbocycles. The molecule has 0 bridgehead atoms. The molecule has 0 aliphatic heterocycles. The second-order valence-electron chi connectivity index (χ2n) is 6.81. The molecule has 2 aromatic heterocycles. The number of alkyl halides is 3. The van der Waals surface area contributed by atoms with Crippen LogP contribution in [0.1, 0.15) is 5.69 Å². The Morgan fingerprint density at radius 3 is 2.46 bits per heavy atom. The number of carbonyl (C=O) groups is 1. The minimum atomic E-state index is -5.08. The fourth-order valence-electron chi connectivity index (χ4n) is 2.65. The number of fused-ring (bicyclic) bond motifs is 1. The third-order valence-corrected chi connectivity index (χ3v) is 4.98. The molecule has 8 nitrogen and oxygen atoms in total. The Balaban J connectivity index is 0.000000429. The number of benzene rings is 2. The van der Waals surface area contributed by atoms with Crippen molar-refractivity contribution in [2.45, 2.75) is 12.8 Å². The van der Waals surface area contributed by atoms with E-state index >= 15 is 0 Å². The SMILES string of the molecule is O=C(O)C(F)(F)F.O=c1ccc2cc(OCc3cc(Nc4ccc(Cl)c(Cl)c4)ncn3)ccc2[nH]1. The van der Waals surface area contributed by atoms with Gasteiger partial charge >= 0.3 is 12.1 Å². The fraction of sp³-hybridized carbons (Fsp3) is 0.0909. The van der Waals surface area contributed by atoms with E-state index in [4.69, 9.17) is 37.8 Å². The van der Waals surface area contributed by atoms with Gasteiger partial charge in [-0.1, -0.05) is 23.2 Å². The summed E-state index contributed by atoms with van der Waals surface area (Å²) in [5, 5.41) is 12.1. The predicted molar refractivity (Wildman–Crippen MR) is 124 cm³/mol. The maximum atomic E-state index is 11.4. The van der Waals surface area contributed by atoms with Crippen molar-refractivity contribution in [3.63, 3.8) is 0 Å². The highest BCUT2D eigenvalue weighted by atomic mass is 35.5. The van der Waals surface area contributed by atoms with Crippen LogP contribution in [0.25, 0.3) is 10.9 Å². The average Bonchev–Trinajstić information content (AvgIpc) is 2.80. The predicted octanol–water partition coefficient (Wildman–Crippen LogP) is 5.58. The van der Waals surface area contributed by atoms with Gasteiger partial charge in [-0.2, -0.15) is 13.2 Å². The largest absolute Gasteiger partial charge is 0.490 e. The first-order valence-electron chi connectivity index (χ1n) is 9.60. The Morgan fingerprint density at radius 2 is 1.77 bits per heavy atom. The zero-order valence-corrected chi connectivity index (χ0v) is 18.9. The van der Waals surface area contributed by atoms with Gasteiger partial charge in [-0.25, -0.2) is 14.8 Å². The number of H-pyrrole nitrogens is 1. The minimum absolute atomic E-state index is 0.135. The first-order valence-corrected chi connectivity index (χ1v) is 10.4. The zero-order valence-electron chi connectivity index (χ0n) is 17.4. The lowest BCUT2D eigenvalue weighted by atomic mass is 10.2. The summed E-state index contributed by atoms with van der Waals surface area (Å²) in [6.45, 7) is 0.271. The Labute approximate surface area is 205 Å². The molecule has 13 heteroatoms. The highest BCUT2D eigenvalue weighted by Gasteiger charge is 2.38. The zero-order chi connectivity index (χ0) is 25.6. The number of rotatable bonds is 5. The van der Waals surface area contributed by atoms with E-state index in [2.05, 4.69) is 20.3 Å². The van der Waals surface area contributed by atoms with Crippen LogP contribution in [0.2, 0.25) is 10.0 Å². The molecule has 0 saturated heterocycles. The summed E-state index contributed by atoms with van der Waals surface area (Å²) in [6.07, 6.45) is -3.62. The molecule has 0 aliphatic carbocycles. The molecule has 2 aromatic carbocycles. The average molecular weight is 527 g/mol. The van der Waals surface area contributed by atoms with Crippen LogP contribution in [-0.2, 0) is 11.4 Å². The van der Waals surface area contributed by atoms with E-state index in [0.717, 1.165) is 16.6 Å². The van der Waals surface area contributed by atoms with Crippen LogP contribution in [0.4, 0.5) is 24.7 Å². The van der Waals surface area contributed by atoms with Crippen LogP contribution in [0.3, 0.4) is 0 Å². The third-order valence-electron chi connectivity index (χ3n) is 4.24. The van der Waals surface area contributed by atoms with Crippen molar-refractivity contribution in [2.75, 3.05) is 5.32 Å².